The molecule has 13 heavy (non-hydrogen) atoms. The van der Waals surface area contributed by atoms with Crippen LogP contribution < -0.4 is 0 Å². The second-order valence-corrected chi connectivity index (χ2v) is 3.75. The van der Waals surface area contributed by atoms with E-state index in [1.807, 2.05) is 6.92 Å². The third-order valence-electron chi connectivity index (χ3n) is 1.60. The molecule has 0 aliphatic carbocycles. The molecule has 0 N–H and O–H groups in total. The van der Waals surface area contributed by atoms with E-state index in [4.69, 9.17) is 0 Å². The number of likely N-dealkylation sites (N-methyl/N-ethyl adjacent to an activating group) is 1. The smallest absolute Gasteiger partial charge is 0.246 e. The van der Waals surface area contributed by atoms with Gasteiger partial charge in [-0.25, -0.2) is 4.98 Å². The number of carbonyl (C=O) groups excluding carboxylic acids is 1. The van der Waals surface area contributed by atoms with Crippen LogP contribution in [0.4, 0.5) is 0 Å². The van der Waals surface area contributed by atoms with Crippen molar-refractivity contribution in [1.82, 2.24) is 9.88 Å². The Labute approximate surface area is 81.7 Å². The Morgan fingerprint density at radius 2 is 2.31 bits per heavy atom. The van der Waals surface area contributed by atoms with E-state index in [0.29, 0.717) is 0 Å². The van der Waals surface area contributed by atoms with E-state index >= 15 is 0 Å². The summed E-state index contributed by atoms with van der Waals surface area (Å²) >= 11 is 1.53. The lowest BCUT2D eigenvalue weighted by molar-refractivity contribution is -0.123. The van der Waals surface area contributed by atoms with E-state index in [1.165, 1.54) is 16.2 Å². The average Bonchev–Trinajstić information content (AvgIpc) is 2.47. The fraction of sp³-hybridized carbons (Fsp3) is 0.333. The summed E-state index contributed by atoms with van der Waals surface area (Å²) in [5.74, 6) is -0.00667. The number of carbonyl (C=O) groups is 1. The summed E-state index contributed by atoms with van der Waals surface area (Å²) in [7, 11) is 3.46. The second-order valence-electron chi connectivity index (χ2n) is 2.87. The number of aryl methyl sites for hydroxylation is 1. The Morgan fingerprint density at radius 1 is 1.62 bits per heavy atom. The standard InChI is InChI=1S/C9H12N2OS/c1-7-8(13-6-10-7)4-5-9(12)11(2)3/h4-6H,1-3H3/b5-4+. The largest absolute Gasteiger partial charge is 0.345 e. The SMILES string of the molecule is Cc1ncsc1/C=C/C(=O)N(C)C. The number of aromatic nitrogens is 1. The molecule has 1 amide bonds. The van der Waals surface area contributed by atoms with Gasteiger partial charge in [-0.05, 0) is 13.0 Å². The van der Waals surface area contributed by atoms with Crippen molar-refractivity contribution < 1.29 is 4.79 Å². The predicted octanol–water partition coefficient (Wildman–Crippen LogP) is 1.55. The number of hydrogen-bond acceptors (Lipinski definition) is 3. The van der Waals surface area contributed by atoms with Crippen molar-refractivity contribution in [2.24, 2.45) is 0 Å². The van der Waals surface area contributed by atoms with E-state index in [0.717, 1.165) is 10.6 Å². The number of thiazole rings is 1. The van der Waals surface area contributed by atoms with Crippen LogP contribution in [0.1, 0.15) is 10.6 Å². The second kappa shape index (κ2) is 4.18. The zero-order valence-electron chi connectivity index (χ0n) is 7.94. The van der Waals surface area contributed by atoms with Gasteiger partial charge in [0, 0.05) is 25.0 Å². The first-order valence-electron chi connectivity index (χ1n) is 3.90. The van der Waals surface area contributed by atoms with E-state index in [9.17, 15) is 4.79 Å². The maximum absolute atomic E-state index is 11.2. The minimum absolute atomic E-state index is 0.00667. The lowest BCUT2D eigenvalue weighted by Gasteiger charge is -2.04. The fourth-order valence-corrected chi connectivity index (χ4v) is 1.46. The maximum Gasteiger partial charge on any atom is 0.246 e. The van der Waals surface area contributed by atoms with Gasteiger partial charge in [0.2, 0.25) is 5.91 Å². The third kappa shape index (κ3) is 2.66. The zero-order valence-corrected chi connectivity index (χ0v) is 8.76. The molecule has 1 aromatic heterocycles. The van der Waals surface area contributed by atoms with Gasteiger partial charge in [0.15, 0.2) is 0 Å². The monoisotopic (exact) mass is 196 g/mol. The van der Waals surface area contributed by atoms with E-state index in [1.54, 1.807) is 31.8 Å². The van der Waals surface area contributed by atoms with Crippen LogP contribution in [-0.2, 0) is 4.79 Å². The molecule has 0 bridgehead atoms. The molecule has 0 fully saturated rings. The highest BCUT2D eigenvalue weighted by Crippen LogP contribution is 2.13. The minimum Gasteiger partial charge on any atom is -0.345 e. The molecular formula is C9H12N2OS. The summed E-state index contributed by atoms with van der Waals surface area (Å²) in [5.41, 5.74) is 2.74. The highest BCUT2D eigenvalue weighted by molar-refractivity contribution is 7.10. The van der Waals surface area contributed by atoms with Gasteiger partial charge in [-0.2, -0.15) is 0 Å². The summed E-state index contributed by atoms with van der Waals surface area (Å²) < 4.78 is 0. The molecule has 1 heterocycles. The summed E-state index contributed by atoms with van der Waals surface area (Å²) in [5, 5.41) is 0. The number of hydrogen-bond donors (Lipinski definition) is 0. The molecule has 0 atom stereocenters. The predicted molar refractivity (Wildman–Crippen MR) is 54.6 cm³/mol. The highest BCUT2D eigenvalue weighted by atomic mass is 32.1. The topological polar surface area (TPSA) is 33.2 Å². The lowest BCUT2D eigenvalue weighted by atomic mass is 10.3. The first-order chi connectivity index (χ1) is 6.11. The summed E-state index contributed by atoms with van der Waals surface area (Å²) in [4.78, 5) is 17.8. The zero-order chi connectivity index (χ0) is 9.84. The van der Waals surface area contributed by atoms with Gasteiger partial charge in [-0.3, -0.25) is 4.79 Å². The van der Waals surface area contributed by atoms with Crippen LogP contribution in [0.15, 0.2) is 11.6 Å². The molecule has 0 aromatic carbocycles. The quantitative estimate of drug-likeness (QED) is 0.672. The molecule has 0 saturated carbocycles. The van der Waals surface area contributed by atoms with Crippen LogP contribution in [0.5, 0.6) is 0 Å². The summed E-state index contributed by atoms with van der Waals surface area (Å²) in [6.45, 7) is 1.93. The molecule has 0 saturated heterocycles. The van der Waals surface area contributed by atoms with Gasteiger partial charge in [-0.1, -0.05) is 0 Å². The normalized spacial score (nSPS) is 10.7. The van der Waals surface area contributed by atoms with Gasteiger partial charge in [0.1, 0.15) is 0 Å². The van der Waals surface area contributed by atoms with Crippen LogP contribution >= 0.6 is 11.3 Å². The Morgan fingerprint density at radius 3 is 2.77 bits per heavy atom. The molecule has 3 nitrogen and oxygen atoms in total. The molecule has 1 aromatic rings. The molecule has 0 aliphatic heterocycles. The lowest BCUT2D eigenvalue weighted by Crippen LogP contribution is -2.18. The van der Waals surface area contributed by atoms with Crippen molar-refractivity contribution in [2.75, 3.05) is 14.1 Å². The number of amides is 1. The van der Waals surface area contributed by atoms with Crippen LogP contribution in [0, 0.1) is 6.92 Å². The molecule has 0 spiro atoms. The van der Waals surface area contributed by atoms with Gasteiger partial charge < -0.3 is 4.90 Å². The van der Waals surface area contributed by atoms with E-state index < -0.39 is 0 Å². The maximum atomic E-state index is 11.2. The molecule has 0 unspecified atom stereocenters. The van der Waals surface area contributed by atoms with Crippen LogP contribution in [-0.4, -0.2) is 29.9 Å². The first-order valence-corrected chi connectivity index (χ1v) is 4.78. The van der Waals surface area contributed by atoms with Gasteiger partial charge in [-0.15, -0.1) is 11.3 Å². The molecule has 0 aliphatic rings. The van der Waals surface area contributed by atoms with E-state index in [2.05, 4.69) is 4.98 Å². The van der Waals surface area contributed by atoms with Gasteiger partial charge in [0.25, 0.3) is 0 Å². The van der Waals surface area contributed by atoms with Crippen molar-refractivity contribution in [1.29, 1.82) is 0 Å². The Balaban J connectivity index is 2.69. The molecule has 70 valence electrons. The minimum atomic E-state index is -0.00667. The Kier molecular flexibility index (Phi) is 3.19. The van der Waals surface area contributed by atoms with Gasteiger partial charge in [0.05, 0.1) is 11.2 Å². The van der Waals surface area contributed by atoms with Crippen molar-refractivity contribution in [3.05, 3.63) is 22.2 Å². The fourth-order valence-electron chi connectivity index (χ4n) is 0.767. The summed E-state index contributed by atoms with van der Waals surface area (Å²) in [6.07, 6.45) is 3.36. The molecule has 4 heteroatoms. The number of nitrogens with zero attached hydrogens (tertiary/aromatic N) is 2. The van der Waals surface area contributed by atoms with Crippen LogP contribution in [0.3, 0.4) is 0 Å². The Hall–Kier alpha value is -1.16. The van der Waals surface area contributed by atoms with Crippen molar-refractivity contribution in [3.8, 4) is 0 Å². The average molecular weight is 196 g/mol. The Bertz CT molecular complexity index is 328. The third-order valence-corrected chi connectivity index (χ3v) is 2.50. The number of rotatable bonds is 2. The molecular weight excluding hydrogens is 184 g/mol. The van der Waals surface area contributed by atoms with E-state index in [-0.39, 0.29) is 5.91 Å². The van der Waals surface area contributed by atoms with Crippen LogP contribution in [0.25, 0.3) is 6.08 Å². The molecule has 0 radical (unpaired) electrons. The van der Waals surface area contributed by atoms with Crippen molar-refractivity contribution in [3.63, 3.8) is 0 Å². The van der Waals surface area contributed by atoms with Crippen molar-refractivity contribution >= 4 is 23.3 Å². The van der Waals surface area contributed by atoms with Crippen LogP contribution in [0.2, 0.25) is 0 Å². The first kappa shape index (κ1) is 9.92. The van der Waals surface area contributed by atoms with Gasteiger partial charge >= 0.3 is 0 Å². The molecule has 1 rings (SSSR count). The highest BCUT2D eigenvalue weighted by Gasteiger charge is 1.99. The van der Waals surface area contributed by atoms with Crippen molar-refractivity contribution in [2.45, 2.75) is 6.92 Å². The summed E-state index contributed by atoms with van der Waals surface area (Å²) in [6, 6.07) is 0.